The quantitative estimate of drug-likeness (QED) is 0.720. The van der Waals surface area contributed by atoms with Gasteiger partial charge < -0.3 is 15.2 Å². The Morgan fingerprint density at radius 2 is 2.00 bits per heavy atom. The van der Waals surface area contributed by atoms with Crippen molar-refractivity contribution in [1.29, 1.82) is 0 Å². The minimum absolute atomic E-state index is 0.405. The Morgan fingerprint density at radius 3 is 2.72 bits per heavy atom. The second-order valence-electron chi connectivity index (χ2n) is 5.75. The third-order valence-corrected chi connectivity index (χ3v) is 3.82. The second-order valence-corrected chi connectivity index (χ2v) is 5.75. The summed E-state index contributed by atoms with van der Waals surface area (Å²) in [5.41, 5.74) is 7.57. The Hall–Kier alpha value is -2.99. The molecule has 0 aliphatic heterocycles. The van der Waals surface area contributed by atoms with E-state index in [0.29, 0.717) is 18.1 Å². The topological polar surface area (TPSA) is 87.3 Å². The first kappa shape index (κ1) is 16.9. The van der Waals surface area contributed by atoms with Gasteiger partial charge >= 0.3 is 5.97 Å². The first-order chi connectivity index (χ1) is 12.1. The number of aromatic nitrogens is 2. The van der Waals surface area contributed by atoms with E-state index in [9.17, 15) is 4.79 Å². The van der Waals surface area contributed by atoms with E-state index >= 15 is 0 Å². The zero-order valence-electron chi connectivity index (χ0n) is 14.1. The molecular weight excluding hydrogens is 318 g/mol. The summed E-state index contributed by atoms with van der Waals surface area (Å²) in [7, 11) is 1.33. The van der Waals surface area contributed by atoms with Gasteiger partial charge in [-0.2, -0.15) is 0 Å². The molecule has 1 atom stereocenters. The zero-order chi connectivity index (χ0) is 17.8. The van der Waals surface area contributed by atoms with Gasteiger partial charge in [0.05, 0.1) is 12.5 Å². The molecule has 1 aromatic carbocycles. The van der Waals surface area contributed by atoms with E-state index in [4.69, 9.17) is 10.5 Å². The van der Waals surface area contributed by atoms with Crippen LogP contribution >= 0.6 is 0 Å². The lowest BCUT2D eigenvalue weighted by Gasteiger charge is -2.11. The number of carbonyl (C=O) groups excluding carboxylic acids is 1. The minimum atomic E-state index is -0.676. The molecule has 0 amide bonds. The van der Waals surface area contributed by atoms with Crippen molar-refractivity contribution in [3.8, 4) is 11.6 Å². The summed E-state index contributed by atoms with van der Waals surface area (Å²) in [6.45, 7) is 1.92. The highest BCUT2D eigenvalue weighted by atomic mass is 16.5. The second kappa shape index (κ2) is 7.27. The van der Waals surface area contributed by atoms with E-state index in [0.717, 1.165) is 22.0 Å². The third kappa shape index (κ3) is 3.92. The molecule has 3 rings (SSSR count). The molecule has 128 valence electrons. The molecule has 2 N–H and O–H groups in total. The normalized spacial score (nSPS) is 12.0. The molecule has 0 saturated carbocycles. The molecule has 0 bridgehead atoms. The van der Waals surface area contributed by atoms with Crippen LogP contribution in [-0.2, 0) is 16.0 Å². The van der Waals surface area contributed by atoms with Crippen molar-refractivity contribution in [1.82, 2.24) is 9.97 Å². The minimum Gasteiger partial charge on any atom is -0.468 e. The van der Waals surface area contributed by atoms with E-state index in [1.807, 2.05) is 43.3 Å². The number of carbonyl (C=O) groups is 1. The summed E-state index contributed by atoms with van der Waals surface area (Å²) < 4.78 is 10.6. The predicted molar refractivity (Wildman–Crippen MR) is 94.5 cm³/mol. The Morgan fingerprint density at radius 1 is 1.24 bits per heavy atom. The monoisotopic (exact) mass is 337 g/mol. The summed E-state index contributed by atoms with van der Waals surface area (Å²) in [5.74, 6) is 0.740. The molecule has 6 nitrogen and oxygen atoms in total. The maximum atomic E-state index is 11.4. The van der Waals surface area contributed by atoms with Crippen LogP contribution in [0.2, 0.25) is 0 Å². The van der Waals surface area contributed by atoms with Crippen LogP contribution in [0.4, 0.5) is 0 Å². The molecule has 0 spiro atoms. The number of rotatable bonds is 5. The molecule has 25 heavy (non-hydrogen) atoms. The fourth-order valence-corrected chi connectivity index (χ4v) is 2.56. The van der Waals surface area contributed by atoms with Crippen molar-refractivity contribution in [3.05, 3.63) is 60.0 Å². The van der Waals surface area contributed by atoms with Gasteiger partial charge in [0.15, 0.2) is 0 Å². The zero-order valence-corrected chi connectivity index (χ0v) is 14.1. The molecule has 0 radical (unpaired) electrons. The van der Waals surface area contributed by atoms with Crippen molar-refractivity contribution < 1.29 is 14.3 Å². The summed E-state index contributed by atoms with van der Waals surface area (Å²) in [6.07, 6.45) is 3.88. The van der Waals surface area contributed by atoms with Gasteiger partial charge in [0.25, 0.3) is 0 Å². The van der Waals surface area contributed by atoms with Gasteiger partial charge in [-0.15, -0.1) is 0 Å². The average Bonchev–Trinajstić information content (AvgIpc) is 2.62. The van der Waals surface area contributed by atoms with Crippen LogP contribution in [0.1, 0.15) is 11.3 Å². The van der Waals surface area contributed by atoms with Gasteiger partial charge in [0.1, 0.15) is 11.8 Å². The molecule has 1 unspecified atom stereocenters. The highest BCUT2D eigenvalue weighted by molar-refractivity contribution is 5.86. The Kier molecular flexibility index (Phi) is 4.90. The van der Waals surface area contributed by atoms with Gasteiger partial charge in [-0.1, -0.05) is 12.1 Å². The number of pyridine rings is 2. The Bertz CT molecular complexity index is 894. The fourth-order valence-electron chi connectivity index (χ4n) is 2.56. The molecule has 2 aromatic heterocycles. The van der Waals surface area contributed by atoms with E-state index < -0.39 is 12.0 Å². The first-order valence-corrected chi connectivity index (χ1v) is 7.88. The molecule has 0 saturated heterocycles. The standard InChI is InChI=1S/C19H19N3O3/c1-12-9-14-7-8-21-11-16(14)18(22-12)25-15-5-3-13(4-6-15)10-17(20)19(23)24-2/h3-9,11,17H,10,20H2,1-2H3. The Labute approximate surface area is 145 Å². The number of hydrogen-bond acceptors (Lipinski definition) is 6. The molecule has 0 aliphatic carbocycles. The molecular formula is C19H19N3O3. The molecule has 3 aromatic rings. The van der Waals surface area contributed by atoms with Gasteiger partial charge in [-0.25, -0.2) is 4.98 Å². The number of ether oxygens (including phenoxy) is 2. The Balaban J connectivity index is 1.79. The van der Waals surface area contributed by atoms with Gasteiger partial charge in [0.2, 0.25) is 5.88 Å². The van der Waals surface area contributed by atoms with Crippen molar-refractivity contribution >= 4 is 16.7 Å². The van der Waals surface area contributed by atoms with Crippen molar-refractivity contribution in [3.63, 3.8) is 0 Å². The predicted octanol–water partition coefficient (Wildman–Crippen LogP) is 2.77. The largest absolute Gasteiger partial charge is 0.468 e. The number of benzene rings is 1. The highest BCUT2D eigenvalue weighted by Crippen LogP contribution is 2.28. The number of methoxy groups -OCH3 is 1. The SMILES string of the molecule is COC(=O)C(N)Cc1ccc(Oc2nc(C)cc3ccncc23)cc1. The summed E-state index contributed by atoms with van der Waals surface area (Å²) in [4.78, 5) is 20.0. The summed E-state index contributed by atoms with van der Waals surface area (Å²) in [5, 5.41) is 1.88. The van der Waals surface area contributed by atoms with Crippen LogP contribution in [0.3, 0.4) is 0 Å². The van der Waals surface area contributed by atoms with Gasteiger partial charge in [-0.05, 0) is 48.6 Å². The average molecular weight is 337 g/mol. The number of nitrogens with two attached hydrogens (primary N) is 1. The van der Waals surface area contributed by atoms with Crippen molar-refractivity contribution in [2.45, 2.75) is 19.4 Å². The number of nitrogens with zero attached hydrogens (tertiary/aromatic N) is 2. The number of fused-ring (bicyclic) bond motifs is 1. The van der Waals surface area contributed by atoms with E-state index in [-0.39, 0.29) is 0 Å². The van der Waals surface area contributed by atoms with E-state index in [2.05, 4.69) is 14.7 Å². The maximum Gasteiger partial charge on any atom is 0.322 e. The van der Waals surface area contributed by atoms with Crippen LogP contribution in [-0.4, -0.2) is 29.1 Å². The third-order valence-electron chi connectivity index (χ3n) is 3.82. The highest BCUT2D eigenvalue weighted by Gasteiger charge is 2.14. The smallest absolute Gasteiger partial charge is 0.322 e. The fraction of sp³-hybridized carbons (Fsp3) is 0.211. The molecule has 0 aliphatic rings. The van der Waals surface area contributed by atoms with Crippen molar-refractivity contribution in [2.24, 2.45) is 5.73 Å². The molecule has 6 heteroatoms. The lowest BCUT2D eigenvalue weighted by Crippen LogP contribution is -2.33. The summed E-state index contributed by atoms with van der Waals surface area (Å²) in [6, 6.07) is 10.6. The van der Waals surface area contributed by atoms with Crippen molar-refractivity contribution in [2.75, 3.05) is 7.11 Å². The lowest BCUT2D eigenvalue weighted by molar-refractivity contribution is -0.142. The lowest BCUT2D eigenvalue weighted by atomic mass is 10.1. The first-order valence-electron chi connectivity index (χ1n) is 7.88. The van der Waals surface area contributed by atoms with Gasteiger partial charge in [0, 0.05) is 18.1 Å². The van der Waals surface area contributed by atoms with E-state index in [1.165, 1.54) is 7.11 Å². The maximum absolute atomic E-state index is 11.4. The van der Waals surface area contributed by atoms with E-state index in [1.54, 1.807) is 12.4 Å². The summed E-state index contributed by atoms with van der Waals surface area (Å²) >= 11 is 0. The molecule has 0 fully saturated rings. The van der Waals surface area contributed by atoms with Crippen LogP contribution in [0, 0.1) is 6.92 Å². The van der Waals surface area contributed by atoms with Crippen LogP contribution in [0.25, 0.3) is 10.8 Å². The molecule has 2 heterocycles. The number of hydrogen-bond donors (Lipinski definition) is 1. The van der Waals surface area contributed by atoms with Crippen LogP contribution < -0.4 is 10.5 Å². The van der Waals surface area contributed by atoms with Gasteiger partial charge in [-0.3, -0.25) is 9.78 Å². The number of aryl methyl sites for hydroxylation is 1. The van der Waals surface area contributed by atoms with Crippen LogP contribution in [0.15, 0.2) is 48.8 Å². The van der Waals surface area contributed by atoms with Crippen LogP contribution in [0.5, 0.6) is 11.6 Å². The number of esters is 1.